The van der Waals surface area contributed by atoms with Gasteiger partial charge in [-0.1, -0.05) is 90.5 Å². The van der Waals surface area contributed by atoms with Crippen molar-refractivity contribution in [3.63, 3.8) is 0 Å². The van der Waals surface area contributed by atoms with Crippen molar-refractivity contribution in [2.45, 2.75) is 13.3 Å². The molecule has 0 fully saturated rings. The smallest absolute Gasteiger partial charge is 0.251 e. The first kappa shape index (κ1) is 26.1. The molecule has 0 unspecified atom stereocenters. The van der Waals surface area contributed by atoms with Crippen molar-refractivity contribution in [3.05, 3.63) is 143 Å². The fourth-order valence-corrected chi connectivity index (χ4v) is 3.52. The molecule has 0 spiro atoms. The molecule has 4 aromatic carbocycles. The highest BCUT2D eigenvalue weighted by atomic mass is 16.2. The summed E-state index contributed by atoms with van der Waals surface area (Å²) in [5.74, 6) is -0.726. The van der Waals surface area contributed by atoms with Crippen molar-refractivity contribution in [1.29, 1.82) is 0 Å². The zero-order valence-electron chi connectivity index (χ0n) is 20.5. The van der Waals surface area contributed by atoms with Gasteiger partial charge in [-0.2, -0.15) is 0 Å². The fraction of sp³-hybridized carbons (Fsp3) is 0.129. The molecule has 36 heavy (non-hydrogen) atoms. The predicted molar refractivity (Wildman–Crippen MR) is 143 cm³/mol. The molecule has 4 rings (SSSR count). The molecule has 0 heterocycles. The molecule has 0 aromatic heterocycles. The van der Waals surface area contributed by atoms with Gasteiger partial charge in [0, 0.05) is 35.8 Å². The van der Waals surface area contributed by atoms with E-state index in [2.05, 4.69) is 29.7 Å². The van der Waals surface area contributed by atoms with Gasteiger partial charge < -0.3 is 10.6 Å². The second kappa shape index (κ2) is 13.4. The van der Waals surface area contributed by atoms with Crippen LogP contribution in [0.3, 0.4) is 0 Å². The molecule has 182 valence electrons. The van der Waals surface area contributed by atoms with Gasteiger partial charge in [0.25, 0.3) is 11.8 Å². The Balaban J connectivity index is 0.000000444. The Morgan fingerprint density at radius 1 is 0.611 bits per heavy atom. The van der Waals surface area contributed by atoms with Crippen LogP contribution in [0.25, 0.3) is 0 Å². The Bertz CT molecular complexity index is 1300. The Morgan fingerprint density at radius 3 is 1.61 bits per heavy atom. The quantitative estimate of drug-likeness (QED) is 0.357. The highest BCUT2D eigenvalue weighted by molar-refractivity contribution is 6.11. The zero-order chi connectivity index (χ0) is 25.8. The Morgan fingerprint density at radius 2 is 1.11 bits per heavy atom. The molecule has 0 saturated heterocycles. The van der Waals surface area contributed by atoms with Crippen LogP contribution in [-0.4, -0.2) is 31.2 Å². The topological polar surface area (TPSA) is 75.3 Å². The summed E-state index contributed by atoms with van der Waals surface area (Å²) < 4.78 is 0. The van der Waals surface area contributed by atoms with E-state index in [4.69, 9.17) is 0 Å². The molecule has 0 saturated carbocycles. The van der Waals surface area contributed by atoms with Gasteiger partial charge in [0.1, 0.15) is 0 Å². The third-order valence-electron chi connectivity index (χ3n) is 5.48. The lowest BCUT2D eigenvalue weighted by molar-refractivity contribution is 0.0949. The van der Waals surface area contributed by atoms with Crippen molar-refractivity contribution in [1.82, 2.24) is 10.6 Å². The van der Waals surface area contributed by atoms with E-state index in [1.165, 1.54) is 12.6 Å². The lowest BCUT2D eigenvalue weighted by atomic mass is 9.99. The average Bonchev–Trinajstić information content (AvgIpc) is 2.93. The van der Waals surface area contributed by atoms with Crippen molar-refractivity contribution in [2.24, 2.45) is 0 Å². The van der Waals surface area contributed by atoms with Crippen LogP contribution < -0.4 is 10.6 Å². The van der Waals surface area contributed by atoms with Gasteiger partial charge in [0.2, 0.25) is 0 Å². The minimum Gasteiger partial charge on any atom is -0.355 e. The van der Waals surface area contributed by atoms with E-state index in [1.54, 1.807) is 48.5 Å². The number of aryl methyl sites for hydroxylation is 1. The normalized spacial score (nSPS) is 9.94. The summed E-state index contributed by atoms with van der Waals surface area (Å²) in [6, 6.07) is 33.3. The van der Waals surface area contributed by atoms with Gasteiger partial charge >= 0.3 is 0 Å². The van der Waals surface area contributed by atoms with E-state index in [1.807, 2.05) is 48.5 Å². The second-order valence-corrected chi connectivity index (χ2v) is 8.22. The number of benzene rings is 4. The number of ketones is 1. The summed E-state index contributed by atoms with van der Waals surface area (Å²) in [5, 5.41) is 5.42. The van der Waals surface area contributed by atoms with Gasteiger partial charge in [0.05, 0.1) is 0 Å². The Hall–Kier alpha value is -4.51. The molecule has 0 bridgehead atoms. The van der Waals surface area contributed by atoms with Crippen LogP contribution >= 0.6 is 0 Å². The monoisotopic (exact) mass is 478 g/mol. The Kier molecular flexibility index (Phi) is 9.71. The third-order valence-corrected chi connectivity index (χ3v) is 5.48. The number of hydrogen-bond acceptors (Lipinski definition) is 3. The third kappa shape index (κ3) is 7.77. The van der Waals surface area contributed by atoms with E-state index in [-0.39, 0.29) is 17.6 Å². The minimum atomic E-state index is -0.258. The van der Waals surface area contributed by atoms with Crippen LogP contribution in [0.2, 0.25) is 0 Å². The molecule has 5 nitrogen and oxygen atoms in total. The van der Waals surface area contributed by atoms with Gasteiger partial charge in [0.15, 0.2) is 5.78 Å². The molecule has 4 aromatic rings. The lowest BCUT2D eigenvalue weighted by Gasteiger charge is -2.08. The van der Waals surface area contributed by atoms with Crippen molar-refractivity contribution in [3.8, 4) is 0 Å². The average molecular weight is 479 g/mol. The maximum absolute atomic E-state index is 12.8. The summed E-state index contributed by atoms with van der Waals surface area (Å²) in [6.07, 6.45) is 0.734. The van der Waals surface area contributed by atoms with E-state index >= 15 is 0 Å². The SMILES string of the molecule is CNC(=O)c1cccc(C(=O)c2cccc(C(=O)NCCc3ccccc3)c2)c1.Cc1ccccc1. The summed E-state index contributed by atoms with van der Waals surface area (Å²) in [6.45, 7) is 2.59. The standard InChI is InChI=1S/C24H22N2O3.C7H8/c1-25-23(28)20-11-5-9-18(15-20)22(27)19-10-6-12-21(16-19)24(29)26-14-13-17-7-3-2-4-8-17;1-7-5-3-2-4-6-7/h2-12,15-16H,13-14H2,1H3,(H,25,28)(H,26,29);2-6H,1H3. The Labute approximate surface area is 212 Å². The van der Waals surface area contributed by atoms with Crippen LogP contribution in [0.5, 0.6) is 0 Å². The molecule has 0 radical (unpaired) electrons. The number of carbonyl (C=O) groups excluding carboxylic acids is 3. The number of nitrogens with one attached hydrogen (secondary N) is 2. The molecule has 2 amide bonds. The molecule has 0 aliphatic heterocycles. The highest BCUT2D eigenvalue weighted by Crippen LogP contribution is 2.14. The maximum atomic E-state index is 12.8. The van der Waals surface area contributed by atoms with Gasteiger partial charge in [-0.05, 0) is 43.2 Å². The van der Waals surface area contributed by atoms with Gasteiger partial charge in [-0.3, -0.25) is 14.4 Å². The van der Waals surface area contributed by atoms with Crippen LogP contribution in [-0.2, 0) is 6.42 Å². The first-order valence-electron chi connectivity index (χ1n) is 11.8. The number of carbonyl (C=O) groups is 3. The van der Waals surface area contributed by atoms with Crippen LogP contribution in [0.4, 0.5) is 0 Å². The van der Waals surface area contributed by atoms with Crippen molar-refractivity contribution in [2.75, 3.05) is 13.6 Å². The van der Waals surface area contributed by atoms with E-state index < -0.39 is 0 Å². The summed E-state index contributed by atoms with van der Waals surface area (Å²) in [4.78, 5) is 37.1. The summed E-state index contributed by atoms with van der Waals surface area (Å²) in [7, 11) is 1.54. The van der Waals surface area contributed by atoms with Crippen LogP contribution in [0.15, 0.2) is 109 Å². The minimum absolute atomic E-state index is 0.227. The second-order valence-electron chi connectivity index (χ2n) is 8.22. The summed E-state index contributed by atoms with van der Waals surface area (Å²) >= 11 is 0. The first-order valence-corrected chi connectivity index (χ1v) is 11.8. The van der Waals surface area contributed by atoms with E-state index in [0.29, 0.717) is 28.8 Å². The molecular weight excluding hydrogens is 448 g/mol. The number of rotatable bonds is 7. The molecule has 2 N–H and O–H groups in total. The lowest BCUT2D eigenvalue weighted by Crippen LogP contribution is -2.25. The van der Waals surface area contributed by atoms with Crippen molar-refractivity contribution >= 4 is 17.6 Å². The first-order chi connectivity index (χ1) is 17.5. The highest BCUT2D eigenvalue weighted by Gasteiger charge is 2.14. The predicted octanol–water partition coefficient (Wildman–Crippen LogP) is 5.24. The number of amides is 2. The largest absolute Gasteiger partial charge is 0.355 e. The molecule has 0 atom stereocenters. The van der Waals surface area contributed by atoms with E-state index in [9.17, 15) is 14.4 Å². The molecular formula is C31H30N2O3. The zero-order valence-corrected chi connectivity index (χ0v) is 20.5. The van der Waals surface area contributed by atoms with Crippen LogP contribution in [0.1, 0.15) is 47.8 Å². The summed E-state index contributed by atoms with van der Waals surface area (Å²) in [5.41, 5.74) is 4.09. The molecule has 0 aliphatic rings. The van der Waals surface area contributed by atoms with Gasteiger partial charge in [-0.25, -0.2) is 0 Å². The van der Waals surface area contributed by atoms with Crippen LogP contribution in [0, 0.1) is 6.92 Å². The van der Waals surface area contributed by atoms with Crippen molar-refractivity contribution < 1.29 is 14.4 Å². The molecule has 0 aliphatic carbocycles. The maximum Gasteiger partial charge on any atom is 0.251 e. The molecule has 5 heteroatoms. The number of hydrogen-bond donors (Lipinski definition) is 2. The fourth-order valence-electron chi connectivity index (χ4n) is 3.52. The van der Waals surface area contributed by atoms with E-state index in [0.717, 1.165) is 12.0 Å². The van der Waals surface area contributed by atoms with Gasteiger partial charge in [-0.15, -0.1) is 0 Å².